The van der Waals surface area contributed by atoms with Crippen molar-refractivity contribution in [2.45, 2.75) is 38.9 Å². The molecule has 0 atom stereocenters. The van der Waals surface area contributed by atoms with Crippen LogP contribution < -0.4 is 26.9 Å². The highest BCUT2D eigenvalue weighted by molar-refractivity contribution is 5.86. The number of unbranched alkanes of at least 4 members (excludes halogenated alkanes) is 2. The number of H-pyrrole nitrogens is 1. The predicted molar refractivity (Wildman–Crippen MR) is 145 cm³/mol. The van der Waals surface area contributed by atoms with Crippen LogP contribution in [0.5, 0.6) is 5.75 Å². The number of rotatable bonds is 9. The topological polar surface area (TPSA) is 161 Å². The molecule has 41 heavy (non-hydrogen) atoms. The Labute approximate surface area is 231 Å². The third-order valence-corrected chi connectivity index (χ3v) is 5.86. The number of anilines is 2. The molecular formula is C26H29F4N7O4. The number of benzene rings is 1. The summed E-state index contributed by atoms with van der Waals surface area (Å²) in [5, 5.41) is 17.6. The Bertz CT molecular complexity index is 1610. The molecule has 0 radical (unpaired) electrons. The zero-order chi connectivity index (χ0) is 30.2. The molecule has 0 unspecified atom stereocenters. The van der Waals surface area contributed by atoms with Crippen molar-refractivity contribution in [3.05, 3.63) is 68.9 Å². The minimum atomic E-state index is -4.74. The van der Waals surface area contributed by atoms with E-state index in [4.69, 9.17) is 15.6 Å². The summed E-state index contributed by atoms with van der Waals surface area (Å²) in [6, 6.07) is 4.64. The van der Waals surface area contributed by atoms with Gasteiger partial charge in [-0.15, -0.1) is 0 Å². The van der Waals surface area contributed by atoms with Crippen LogP contribution in [-0.2, 0) is 12.7 Å². The Hall–Kier alpha value is -4.53. The number of hydrogen-bond acceptors (Lipinski definition) is 9. The fourth-order valence-corrected chi connectivity index (χ4v) is 3.84. The minimum absolute atomic E-state index is 0.0860. The van der Waals surface area contributed by atoms with E-state index in [2.05, 4.69) is 27.3 Å². The lowest BCUT2D eigenvalue weighted by Gasteiger charge is -2.12. The van der Waals surface area contributed by atoms with Crippen molar-refractivity contribution < 1.29 is 27.4 Å². The van der Waals surface area contributed by atoms with E-state index in [-0.39, 0.29) is 30.1 Å². The van der Waals surface area contributed by atoms with Gasteiger partial charge in [-0.25, -0.2) is 19.5 Å². The number of pyridine rings is 1. The van der Waals surface area contributed by atoms with Crippen LogP contribution in [0.3, 0.4) is 0 Å². The van der Waals surface area contributed by atoms with E-state index < -0.39 is 28.8 Å². The summed E-state index contributed by atoms with van der Waals surface area (Å²) in [5.41, 5.74) is 1.48. The van der Waals surface area contributed by atoms with Crippen LogP contribution in [0.1, 0.15) is 31.7 Å². The molecule has 11 nitrogen and oxygen atoms in total. The first-order valence-corrected chi connectivity index (χ1v) is 12.5. The van der Waals surface area contributed by atoms with E-state index in [1.165, 1.54) is 19.4 Å². The Morgan fingerprint density at radius 2 is 1.95 bits per heavy atom. The summed E-state index contributed by atoms with van der Waals surface area (Å²) < 4.78 is 57.6. The second-order valence-electron chi connectivity index (χ2n) is 8.73. The van der Waals surface area contributed by atoms with Crippen molar-refractivity contribution in [2.75, 3.05) is 31.3 Å². The predicted octanol–water partition coefficient (Wildman–Crippen LogP) is 3.57. The van der Waals surface area contributed by atoms with Gasteiger partial charge in [0.15, 0.2) is 17.4 Å². The van der Waals surface area contributed by atoms with Gasteiger partial charge in [0.1, 0.15) is 11.4 Å². The molecule has 0 aliphatic carbocycles. The van der Waals surface area contributed by atoms with Crippen LogP contribution in [0.2, 0.25) is 0 Å². The second kappa shape index (κ2) is 13.7. The Morgan fingerprint density at radius 3 is 2.56 bits per heavy atom. The molecule has 0 aliphatic heterocycles. The summed E-state index contributed by atoms with van der Waals surface area (Å²) in [6.07, 6.45) is 2.20. The quantitative estimate of drug-likeness (QED) is 0.172. The van der Waals surface area contributed by atoms with Crippen molar-refractivity contribution in [2.24, 2.45) is 0 Å². The second-order valence-corrected chi connectivity index (χ2v) is 8.73. The molecule has 3 aromatic heterocycles. The lowest BCUT2D eigenvalue weighted by Crippen LogP contribution is -2.24. The maximum absolute atomic E-state index is 14.9. The molecule has 0 spiro atoms. The first-order chi connectivity index (χ1) is 19.5. The number of aromatic nitrogens is 5. The van der Waals surface area contributed by atoms with E-state index in [9.17, 15) is 27.2 Å². The number of methoxy groups -OCH3 is 1. The smallest absolute Gasteiger partial charge is 0.423 e. The highest BCUT2D eigenvalue weighted by atomic mass is 19.4. The van der Waals surface area contributed by atoms with Gasteiger partial charge in [0.2, 0.25) is 0 Å². The van der Waals surface area contributed by atoms with Gasteiger partial charge in [-0.1, -0.05) is 19.8 Å². The third kappa shape index (κ3) is 7.57. The summed E-state index contributed by atoms with van der Waals surface area (Å²) in [5.74, 6) is 0.340. The monoisotopic (exact) mass is 579 g/mol. The molecule has 220 valence electrons. The number of nitrogens with two attached hydrogens (primary N) is 1. The van der Waals surface area contributed by atoms with Gasteiger partial charge in [-0.3, -0.25) is 9.59 Å². The number of fused-ring (bicyclic) bond motifs is 1. The molecule has 15 heteroatoms. The molecule has 0 fully saturated rings. The standard InChI is InChI=1S/C21H25FN4O3.C5H4F3N3O/c1-3-4-5-8-26-9-6-14-11-16(17(22)12-15(14)21(26)28)19-24-13-18(29-2)20(25-19)23-7-10-27;6-5(7,8)3-2(9)1-10-11-4(3)12/h6,9,11-13,27H,3-5,7-8,10H2,1-2H3,(H,23,24,25);1H,(H3,9,11,12). The van der Waals surface area contributed by atoms with Crippen LogP contribution >= 0.6 is 0 Å². The average molecular weight is 580 g/mol. The van der Waals surface area contributed by atoms with Crippen LogP contribution in [0.25, 0.3) is 22.2 Å². The van der Waals surface area contributed by atoms with E-state index >= 15 is 0 Å². The summed E-state index contributed by atoms with van der Waals surface area (Å²) in [4.78, 5) is 31.8. The number of hydrogen-bond donors (Lipinski definition) is 4. The third-order valence-electron chi connectivity index (χ3n) is 5.86. The number of aliphatic hydroxyl groups is 1. The zero-order valence-corrected chi connectivity index (χ0v) is 22.3. The van der Waals surface area contributed by atoms with Gasteiger partial charge in [-0.05, 0) is 30.0 Å². The van der Waals surface area contributed by atoms with Crippen molar-refractivity contribution in [3.8, 4) is 17.1 Å². The number of nitrogens with zero attached hydrogens (tertiary/aromatic N) is 4. The molecule has 0 saturated heterocycles. The first-order valence-electron chi connectivity index (χ1n) is 12.5. The molecule has 4 rings (SSSR count). The first kappa shape index (κ1) is 31.0. The zero-order valence-electron chi connectivity index (χ0n) is 22.3. The van der Waals surface area contributed by atoms with Gasteiger partial charge < -0.3 is 25.5 Å². The maximum atomic E-state index is 14.9. The van der Waals surface area contributed by atoms with Crippen LogP contribution in [0, 0.1) is 5.82 Å². The SMILES string of the molecule is CCCCCn1ccc2cc(-c3ncc(OC)c(NCCO)n3)c(F)cc2c1=O.Nc1cn[nH]c(=O)c1C(F)(F)F. The largest absolute Gasteiger partial charge is 0.491 e. The van der Waals surface area contributed by atoms with Gasteiger partial charge in [0.25, 0.3) is 11.1 Å². The van der Waals surface area contributed by atoms with Gasteiger partial charge in [0, 0.05) is 19.3 Å². The summed E-state index contributed by atoms with van der Waals surface area (Å²) in [7, 11) is 1.48. The Kier molecular flexibility index (Phi) is 10.4. The van der Waals surface area contributed by atoms with Crippen molar-refractivity contribution >= 4 is 22.3 Å². The number of nitrogen functional groups attached to an aromatic ring is 1. The maximum Gasteiger partial charge on any atom is 0.423 e. The fraction of sp³-hybridized carbons (Fsp3) is 0.346. The number of alkyl halides is 3. The highest BCUT2D eigenvalue weighted by Crippen LogP contribution is 2.30. The fourth-order valence-electron chi connectivity index (χ4n) is 3.84. The van der Waals surface area contributed by atoms with E-state index in [1.54, 1.807) is 28.0 Å². The Balaban J connectivity index is 0.000000322. The number of aliphatic hydroxyl groups excluding tert-OH is 1. The molecule has 1 aromatic carbocycles. The highest BCUT2D eigenvalue weighted by Gasteiger charge is 2.36. The minimum Gasteiger partial charge on any atom is -0.491 e. The molecule has 4 aromatic rings. The number of aromatic amines is 1. The van der Waals surface area contributed by atoms with Crippen molar-refractivity contribution in [3.63, 3.8) is 0 Å². The lowest BCUT2D eigenvalue weighted by molar-refractivity contribution is -0.138. The average Bonchev–Trinajstić information content (AvgIpc) is 2.92. The van der Waals surface area contributed by atoms with Crippen LogP contribution in [0.15, 0.2) is 46.4 Å². The molecule has 5 N–H and O–H groups in total. The number of ether oxygens (including phenoxy) is 1. The number of aryl methyl sites for hydroxylation is 1. The molecule has 0 aliphatic rings. The van der Waals surface area contributed by atoms with Gasteiger partial charge in [0.05, 0.1) is 42.7 Å². The van der Waals surface area contributed by atoms with Crippen molar-refractivity contribution in [1.82, 2.24) is 24.7 Å². The number of halogens is 4. The van der Waals surface area contributed by atoms with E-state index in [0.29, 0.717) is 28.9 Å². The van der Waals surface area contributed by atoms with Gasteiger partial charge in [-0.2, -0.15) is 18.3 Å². The molecule has 0 saturated carbocycles. The number of nitrogens with one attached hydrogen (secondary N) is 2. The molecule has 0 bridgehead atoms. The van der Waals surface area contributed by atoms with Crippen molar-refractivity contribution in [1.29, 1.82) is 0 Å². The summed E-state index contributed by atoms with van der Waals surface area (Å²) >= 11 is 0. The molecule has 3 heterocycles. The van der Waals surface area contributed by atoms with Crippen LogP contribution in [-0.4, -0.2) is 50.1 Å². The van der Waals surface area contributed by atoms with Gasteiger partial charge >= 0.3 is 6.18 Å². The molecule has 0 amide bonds. The summed E-state index contributed by atoms with van der Waals surface area (Å²) in [6.45, 7) is 2.90. The lowest BCUT2D eigenvalue weighted by atomic mass is 10.1. The van der Waals surface area contributed by atoms with E-state index in [1.807, 2.05) is 0 Å². The normalized spacial score (nSPS) is 11.2. The molecular weight excluding hydrogens is 550 g/mol. The van der Waals surface area contributed by atoms with Crippen LogP contribution in [0.4, 0.5) is 29.1 Å². The van der Waals surface area contributed by atoms with E-state index in [0.717, 1.165) is 25.5 Å². The Morgan fingerprint density at radius 1 is 1.20 bits per heavy atom.